The van der Waals surface area contributed by atoms with Gasteiger partial charge in [0, 0.05) is 6.92 Å². The van der Waals surface area contributed by atoms with Gasteiger partial charge in [-0.3, -0.25) is 9.36 Å². The summed E-state index contributed by atoms with van der Waals surface area (Å²) in [5.41, 5.74) is 2.96. The second-order valence-corrected chi connectivity index (χ2v) is 12.7. The van der Waals surface area contributed by atoms with Crippen molar-refractivity contribution in [2.45, 2.75) is 71.0 Å². The molecule has 5 atom stereocenters. The molecular formula is C34H44NO8P. The highest BCUT2D eigenvalue weighted by Gasteiger charge is 2.50. The first-order valence-electron chi connectivity index (χ1n) is 15.1. The van der Waals surface area contributed by atoms with Gasteiger partial charge in [-0.25, -0.2) is 0 Å². The Balaban J connectivity index is 1.67. The lowest BCUT2D eigenvalue weighted by Gasteiger charge is -2.47. The summed E-state index contributed by atoms with van der Waals surface area (Å²) >= 11 is 0. The minimum absolute atomic E-state index is 0.0780. The zero-order valence-corrected chi connectivity index (χ0v) is 26.6. The SMILES string of the molecule is CCOP(=O)(C[C@H]1O[C@H](COCc2ccccc2)[C@@H](OCc2ccccc2)[C@H](OCc2ccccc2)[C@@H]1NC(C)=O)OCC. The first-order chi connectivity index (χ1) is 21.4. The van der Waals surface area contributed by atoms with Crippen LogP contribution in [0.25, 0.3) is 0 Å². The van der Waals surface area contributed by atoms with Crippen LogP contribution in [0.15, 0.2) is 91.0 Å². The summed E-state index contributed by atoms with van der Waals surface area (Å²) in [4.78, 5) is 12.6. The van der Waals surface area contributed by atoms with Gasteiger partial charge in [-0.15, -0.1) is 0 Å². The zero-order chi connectivity index (χ0) is 31.2. The van der Waals surface area contributed by atoms with E-state index in [1.807, 2.05) is 91.0 Å². The number of rotatable bonds is 17. The summed E-state index contributed by atoms with van der Waals surface area (Å²) in [6, 6.07) is 28.8. The van der Waals surface area contributed by atoms with Crippen LogP contribution in [0.4, 0.5) is 0 Å². The van der Waals surface area contributed by atoms with Crippen LogP contribution in [-0.2, 0) is 57.2 Å². The number of nitrogens with one attached hydrogen (secondary N) is 1. The van der Waals surface area contributed by atoms with Gasteiger partial charge in [0.1, 0.15) is 18.3 Å². The van der Waals surface area contributed by atoms with Crippen LogP contribution in [0.1, 0.15) is 37.5 Å². The zero-order valence-electron chi connectivity index (χ0n) is 25.7. The van der Waals surface area contributed by atoms with Crippen molar-refractivity contribution in [3.05, 3.63) is 108 Å². The van der Waals surface area contributed by atoms with Crippen LogP contribution in [0.5, 0.6) is 0 Å². The number of ether oxygens (including phenoxy) is 4. The molecule has 1 heterocycles. The second kappa shape index (κ2) is 17.6. The van der Waals surface area contributed by atoms with E-state index in [9.17, 15) is 9.36 Å². The van der Waals surface area contributed by atoms with Crippen LogP contribution in [0, 0.1) is 0 Å². The molecule has 1 N–H and O–H groups in total. The van der Waals surface area contributed by atoms with Gasteiger partial charge < -0.3 is 33.3 Å². The highest BCUT2D eigenvalue weighted by molar-refractivity contribution is 7.53. The van der Waals surface area contributed by atoms with Crippen LogP contribution in [0.2, 0.25) is 0 Å². The molecule has 9 nitrogen and oxygen atoms in total. The van der Waals surface area contributed by atoms with Gasteiger partial charge >= 0.3 is 7.60 Å². The van der Waals surface area contributed by atoms with E-state index in [0.29, 0.717) is 13.2 Å². The predicted molar refractivity (Wildman–Crippen MR) is 168 cm³/mol. The van der Waals surface area contributed by atoms with E-state index in [0.717, 1.165) is 16.7 Å². The Morgan fingerprint density at radius 1 is 0.727 bits per heavy atom. The maximum atomic E-state index is 13.8. The summed E-state index contributed by atoms with van der Waals surface area (Å²) in [7, 11) is -3.57. The molecule has 0 radical (unpaired) electrons. The van der Waals surface area contributed by atoms with Gasteiger partial charge in [-0.05, 0) is 30.5 Å². The molecule has 1 amide bonds. The van der Waals surface area contributed by atoms with Gasteiger partial charge in [0.15, 0.2) is 0 Å². The second-order valence-electron chi connectivity index (χ2n) is 10.6. The fourth-order valence-corrected chi connectivity index (χ4v) is 7.10. The van der Waals surface area contributed by atoms with Gasteiger partial charge in [-0.1, -0.05) is 91.0 Å². The number of hydrogen-bond acceptors (Lipinski definition) is 8. The molecule has 0 aliphatic carbocycles. The highest BCUT2D eigenvalue weighted by atomic mass is 31.2. The summed E-state index contributed by atoms with van der Waals surface area (Å²) < 4.78 is 51.0. The molecule has 0 unspecified atom stereocenters. The molecule has 10 heteroatoms. The Bertz CT molecular complexity index is 1290. The highest BCUT2D eigenvalue weighted by Crippen LogP contribution is 2.50. The van der Waals surface area contributed by atoms with Gasteiger partial charge in [0.05, 0.1) is 57.9 Å². The standard InChI is InChI=1S/C34H44NO8P/c1-4-41-44(37,42-5-2)25-31-32(35-26(3)36)34(40-23-29-19-13-8-14-20-29)33(39-22-28-17-11-7-12-18-28)30(43-31)24-38-21-27-15-9-6-10-16-27/h6-20,30-34H,4-5,21-25H2,1-3H3,(H,35,36)/t30-,31-,32-,33-,34-/m1/s1. The third-order valence-corrected chi connectivity index (χ3v) is 9.29. The summed E-state index contributed by atoms with van der Waals surface area (Å²) in [5.74, 6) is -0.278. The molecule has 1 aliphatic rings. The topological polar surface area (TPSA) is 102 Å². The molecule has 0 saturated carbocycles. The lowest BCUT2D eigenvalue weighted by atomic mass is 9.92. The van der Waals surface area contributed by atoms with Crippen molar-refractivity contribution in [3.8, 4) is 0 Å². The normalized spacial score (nSPS) is 22.0. The number of hydrogen-bond donors (Lipinski definition) is 1. The first-order valence-corrected chi connectivity index (χ1v) is 16.9. The fraction of sp³-hybridized carbons (Fsp3) is 0.441. The molecule has 1 saturated heterocycles. The van der Waals surface area contributed by atoms with E-state index in [-0.39, 0.29) is 38.5 Å². The lowest BCUT2D eigenvalue weighted by Crippen LogP contribution is -2.66. The molecule has 4 rings (SSSR count). The average molecular weight is 626 g/mol. The first kappa shape index (κ1) is 34.0. The van der Waals surface area contributed by atoms with Gasteiger partial charge in [0.25, 0.3) is 0 Å². The van der Waals surface area contributed by atoms with Crippen molar-refractivity contribution in [1.82, 2.24) is 5.32 Å². The number of carbonyl (C=O) groups excluding carboxylic acids is 1. The number of amides is 1. The number of benzene rings is 3. The largest absolute Gasteiger partial charge is 0.374 e. The fourth-order valence-electron chi connectivity index (χ4n) is 5.27. The van der Waals surface area contributed by atoms with E-state index < -0.39 is 38.1 Å². The van der Waals surface area contributed by atoms with Crippen LogP contribution >= 0.6 is 7.60 Å². The number of carbonyl (C=O) groups is 1. The van der Waals surface area contributed by atoms with Crippen molar-refractivity contribution in [1.29, 1.82) is 0 Å². The minimum Gasteiger partial charge on any atom is -0.374 e. The molecule has 0 bridgehead atoms. The molecule has 44 heavy (non-hydrogen) atoms. The lowest BCUT2D eigenvalue weighted by molar-refractivity contribution is -0.228. The van der Waals surface area contributed by atoms with Crippen LogP contribution in [0.3, 0.4) is 0 Å². The van der Waals surface area contributed by atoms with E-state index in [1.54, 1.807) is 13.8 Å². The molecule has 3 aromatic carbocycles. The summed E-state index contributed by atoms with van der Waals surface area (Å²) in [6.45, 7) is 6.48. The third-order valence-electron chi connectivity index (χ3n) is 7.18. The van der Waals surface area contributed by atoms with Crippen LogP contribution in [-0.4, -0.2) is 62.3 Å². The summed E-state index contributed by atoms with van der Waals surface area (Å²) in [5, 5.41) is 3.01. The monoisotopic (exact) mass is 625 g/mol. The maximum Gasteiger partial charge on any atom is 0.333 e. The minimum atomic E-state index is -3.57. The van der Waals surface area contributed by atoms with Crippen molar-refractivity contribution in [2.24, 2.45) is 0 Å². The smallest absolute Gasteiger partial charge is 0.333 e. The molecule has 0 aromatic heterocycles. The third kappa shape index (κ3) is 10.3. The Labute approximate surface area is 260 Å². The van der Waals surface area contributed by atoms with Gasteiger partial charge in [-0.2, -0.15) is 0 Å². The Morgan fingerprint density at radius 2 is 1.20 bits per heavy atom. The van der Waals surface area contributed by atoms with E-state index in [2.05, 4.69) is 5.32 Å². The van der Waals surface area contributed by atoms with Crippen molar-refractivity contribution in [2.75, 3.05) is 26.0 Å². The molecule has 1 fully saturated rings. The summed E-state index contributed by atoms with van der Waals surface area (Å²) in [6.07, 6.45) is -2.78. The van der Waals surface area contributed by atoms with Crippen molar-refractivity contribution >= 4 is 13.5 Å². The van der Waals surface area contributed by atoms with Crippen molar-refractivity contribution < 1.29 is 37.4 Å². The average Bonchev–Trinajstić information content (AvgIpc) is 3.02. The van der Waals surface area contributed by atoms with E-state index in [4.69, 9.17) is 28.0 Å². The van der Waals surface area contributed by atoms with Crippen molar-refractivity contribution in [3.63, 3.8) is 0 Å². The Kier molecular flexibility index (Phi) is 13.6. The Morgan fingerprint density at radius 3 is 1.68 bits per heavy atom. The van der Waals surface area contributed by atoms with E-state index >= 15 is 0 Å². The van der Waals surface area contributed by atoms with E-state index in [1.165, 1.54) is 6.92 Å². The molecule has 3 aromatic rings. The molecule has 1 aliphatic heterocycles. The Hall–Kier alpha value is -2.88. The quantitative estimate of drug-likeness (QED) is 0.185. The molecule has 0 spiro atoms. The maximum absolute atomic E-state index is 13.8. The molecular weight excluding hydrogens is 581 g/mol. The van der Waals surface area contributed by atoms with Gasteiger partial charge in [0.2, 0.25) is 5.91 Å². The predicted octanol–water partition coefficient (Wildman–Crippen LogP) is 5.91. The molecule has 238 valence electrons. The van der Waals surface area contributed by atoms with Crippen LogP contribution < -0.4 is 5.32 Å².